The fourth-order valence-electron chi connectivity index (χ4n) is 3.31. The van der Waals surface area contributed by atoms with E-state index in [1.165, 1.54) is 16.0 Å². The number of rotatable bonds is 6. The fraction of sp³-hybridized carbons (Fsp3) is 0.500. The first-order valence-corrected chi connectivity index (χ1v) is 9.37. The highest BCUT2D eigenvalue weighted by Gasteiger charge is 2.32. The molecule has 1 atom stereocenters. The molecule has 2 heterocycles. The molecule has 11 heteroatoms. The predicted octanol–water partition coefficient (Wildman–Crippen LogP) is 0.128. The monoisotopic (exact) mass is 409 g/mol. The number of nitrogens with two attached hydrogens (primary N) is 1. The first-order valence-electron chi connectivity index (χ1n) is 9.37. The van der Waals surface area contributed by atoms with Crippen LogP contribution in [-0.2, 0) is 14.3 Å². The smallest absolute Gasteiger partial charge is 0.414 e. The lowest BCUT2D eigenvalue weighted by molar-refractivity contribution is -0.141. The summed E-state index contributed by atoms with van der Waals surface area (Å²) in [6.07, 6.45) is -1.30. The topological polar surface area (TPSA) is 128 Å². The van der Waals surface area contributed by atoms with E-state index in [1.54, 1.807) is 17.0 Å². The van der Waals surface area contributed by atoms with Crippen molar-refractivity contribution in [2.24, 2.45) is 5.73 Å². The normalized spacial score (nSPS) is 19.9. The Labute approximate surface area is 166 Å². The molecule has 0 bridgehead atoms. The van der Waals surface area contributed by atoms with Crippen molar-refractivity contribution in [3.63, 3.8) is 0 Å². The summed E-state index contributed by atoms with van der Waals surface area (Å²) in [5.41, 5.74) is 9.22. The molecule has 0 saturated carbocycles. The standard InChI is InChI=1S/C18H24FN5O5/c19-14-9-12(23-11-13(10-20)29-18(23)28)1-2-15(14)22-6-5-21-24(8-7-22)16(25)3-4-17(26)27/h1-2,9,13,21H,3-8,10-11,20H2,(H,26,27). The van der Waals surface area contributed by atoms with Gasteiger partial charge in [-0.3, -0.25) is 19.5 Å². The van der Waals surface area contributed by atoms with Crippen molar-refractivity contribution in [2.75, 3.05) is 49.1 Å². The Morgan fingerprint density at radius 2 is 2.07 bits per heavy atom. The van der Waals surface area contributed by atoms with Crippen LogP contribution in [-0.4, -0.2) is 73.5 Å². The quantitative estimate of drug-likeness (QED) is 0.605. The number of benzene rings is 1. The maximum Gasteiger partial charge on any atom is 0.414 e. The molecule has 2 aliphatic rings. The van der Waals surface area contributed by atoms with Gasteiger partial charge in [0.05, 0.1) is 30.9 Å². The molecule has 29 heavy (non-hydrogen) atoms. The Bertz CT molecular complexity index is 792. The van der Waals surface area contributed by atoms with Gasteiger partial charge in [0.1, 0.15) is 11.9 Å². The number of carbonyl (C=O) groups is 3. The van der Waals surface area contributed by atoms with Gasteiger partial charge in [0, 0.05) is 32.6 Å². The average Bonchev–Trinajstić information content (AvgIpc) is 2.91. The summed E-state index contributed by atoms with van der Waals surface area (Å²) < 4.78 is 19.9. The second kappa shape index (κ2) is 9.05. The third-order valence-electron chi connectivity index (χ3n) is 4.85. The van der Waals surface area contributed by atoms with Crippen molar-refractivity contribution in [3.05, 3.63) is 24.0 Å². The van der Waals surface area contributed by atoms with E-state index in [-0.39, 0.29) is 38.4 Å². The molecule has 2 saturated heterocycles. The molecular formula is C18H24FN5O5. The summed E-state index contributed by atoms with van der Waals surface area (Å²) in [7, 11) is 0. The van der Waals surface area contributed by atoms with Gasteiger partial charge in [-0.05, 0) is 18.2 Å². The van der Waals surface area contributed by atoms with Crippen molar-refractivity contribution in [1.82, 2.24) is 10.4 Å². The zero-order chi connectivity index (χ0) is 21.0. The van der Waals surface area contributed by atoms with E-state index in [9.17, 15) is 18.8 Å². The lowest BCUT2D eigenvalue weighted by atomic mass is 10.2. The summed E-state index contributed by atoms with van der Waals surface area (Å²) in [6, 6.07) is 4.52. The SMILES string of the molecule is NCC1CN(c2ccc(N3CCNN(C(=O)CCC(=O)O)CC3)c(F)c2)C(=O)O1. The van der Waals surface area contributed by atoms with E-state index in [4.69, 9.17) is 15.6 Å². The van der Waals surface area contributed by atoms with Crippen LogP contribution in [0.25, 0.3) is 0 Å². The van der Waals surface area contributed by atoms with Crippen LogP contribution < -0.4 is 21.0 Å². The number of anilines is 2. The van der Waals surface area contributed by atoms with Gasteiger partial charge in [-0.2, -0.15) is 0 Å². The number of ether oxygens (including phenoxy) is 1. The number of halogens is 1. The molecule has 10 nitrogen and oxygen atoms in total. The summed E-state index contributed by atoms with van der Waals surface area (Å²) >= 11 is 0. The van der Waals surface area contributed by atoms with Crippen LogP contribution in [0.5, 0.6) is 0 Å². The summed E-state index contributed by atoms with van der Waals surface area (Å²) in [5.74, 6) is -1.83. The molecule has 1 aromatic carbocycles. The number of hydrazine groups is 1. The molecule has 2 aliphatic heterocycles. The highest BCUT2D eigenvalue weighted by atomic mass is 19.1. The molecule has 1 aromatic rings. The molecule has 0 spiro atoms. The van der Waals surface area contributed by atoms with Gasteiger partial charge in [-0.25, -0.2) is 14.6 Å². The maximum atomic E-state index is 14.8. The number of carbonyl (C=O) groups excluding carboxylic acids is 2. The lowest BCUT2D eigenvalue weighted by Gasteiger charge is -2.24. The molecule has 1 unspecified atom stereocenters. The highest BCUT2D eigenvalue weighted by Crippen LogP contribution is 2.28. The van der Waals surface area contributed by atoms with Crippen LogP contribution in [0, 0.1) is 5.82 Å². The zero-order valence-corrected chi connectivity index (χ0v) is 15.8. The van der Waals surface area contributed by atoms with Gasteiger partial charge < -0.3 is 20.5 Å². The van der Waals surface area contributed by atoms with E-state index in [2.05, 4.69) is 5.43 Å². The third kappa shape index (κ3) is 4.93. The minimum Gasteiger partial charge on any atom is -0.481 e. The summed E-state index contributed by atoms with van der Waals surface area (Å²) in [6.45, 7) is 2.00. The van der Waals surface area contributed by atoms with Crippen LogP contribution in [0.4, 0.5) is 20.6 Å². The first-order chi connectivity index (χ1) is 13.9. The van der Waals surface area contributed by atoms with E-state index < -0.39 is 24.0 Å². The first kappa shape index (κ1) is 20.8. The van der Waals surface area contributed by atoms with Gasteiger partial charge in [0.25, 0.3) is 0 Å². The number of amides is 2. The van der Waals surface area contributed by atoms with Crippen molar-refractivity contribution in [3.8, 4) is 0 Å². The minimum atomic E-state index is -1.03. The van der Waals surface area contributed by atoms with Gasteiger partial charge in [-0.1, -0.05) is 0 Å². The van der Waals surface area contributed by atoms with Crippen LogP contribution in [0.2, 0.25) is 0 Å². The number of nitrogens with zero attached hydrogens (tertiary/aromatic N) is 3. The molecule has 2 fully saturated rings. The Morgan fingerprint density at radius 3 is 2.72 bits per heavy atom. The Morgan fingerprint density at radius 1 is 1.28 bits per heavy atom. The van der Waals surface area contributed by atoms with Gasteiger partial charge >= 0.3 is 12.1 Å². The maximum absolute atomic E-state index is 14.8. The van der Waals surface area contributed by atoms with E-state index in [1.807, 2.05) is 0 Å². The Balaban J connectivity index is 1.64. The lowest BCUT2D eigenvalue weighted by Crippen LogP contribution is -2.43. The average molecular weight is 409 g/mol. The molecule has 0 aliphatic carbocycles. The number of carboxylic acid groups (broad SMARTS) is 1. The number of hydrogen-bond donors (Lipinski definition) is 3. The van der Waals surface area contributed by atoms with Crippen LogP contribution in [0.3, 0.4) is 0 Å². The van der Waals surface area contributed by atoms with Gasteiger partial charge in [0.15, 0.2) is 0 Å². The van der Waals surface area contributed by atoms with E-state index in [0.29, 0.717) is 31.0 Å². The number of nitrogens with one attached hydrogen (secondary N) is 1. The fourth-order valence-corrected chi connectivity index (χ4v) is 3.31. The molecule has 2 amide bonds. The predicted molar refractivity (Wildman–Crippen MR) is 102 cm³/mol. The Kier molecular flexibility index (Phi) is 6.49. The van der Waals surface area contributed by atoms with Gasteiger partial charge in [0.2, 0.25) is 5.91 Å². The number of carboxylic acids is 1. The van der Waals surface area contributed by atoms with E-state index in [0.717, 1.165) is 0 Å². The number of aliphatic carboxylic acids is 1. The molecule has 0 aromatic heterocycles. The third-order valence-corrected chi connectivity index (χ3v) is 4.85. The zero-order valence-electron chi connectivity index (χ0n) is 15.8. The van der Waals surface area contributed by atoms with E-state index >= 15 is 0 Å². The highest BCUT2D eigenvalue weighted by molar-refractivity contribution is 5.90. The largest absolute Gasteiger partial charge is 0.481 e. The molecule has 4 N–H and O–H groups in total. The van der Waals surface area contributed by atoms with Crippen molar-refractivity contribution in [2.45, 2.75) is 18.9 Å². The van der Waals surface area contributed by atoms with Crippen LogP contribution in [0.1, 0.15) is 12.8 Å². The van der Waals surface area contributed by atoms with Crippen LogP contribution in [0.15, 0.2) is 18.2 Å². The van der Waals surface area contributed by atoms with Crippen LogP contribution >= 0.6 is 0 Å². The van der Waals surface area contributed by atoms with Crippen molar-refractivity contribution in [1.29, 1.82) is 0 Å². The summed E-state index contributed by atoms with van der Waals surface area (Å²) in [4.78, 5) is 37.8. The Hall–Kier alpha value is -2.92. The minimum absolute atomic E-state index is 0.0961. The van der Waals surface area contributed by atoms with Crippen molar-refractivity contribution >= 4 is 29.3 Å². The number of cyclic esters (lactones) is 1. The molecular weight excluding hydrogens is 385 g/mol. The second-order valence-corrected chi connectivity index (χ2v) is 6.82. The molecule has 0 radical (unpaired) electrons. The number of hydrogen-bond acceptors (Lipinski definition) is 7. The second-order valence-electron chi connectivity index (χ2n) is 6.82. The summed E-state index contributed by atoms with van der Waals surface area (Å²) in [5, 5.41) is 10.1. The molecule has 3 rings (SSSR count). The molecule has 158 valence electrons. The van der Waals surface area contributed by atoms with Gasteiger partial charge in [-0.15, -0.1) is 0 Å². The van der Waals surface area contributed by atoms with Crippen molar-refractivity contribution < 1.29 is 28.6 Å².